The molecule has 1 saturated heterocycles. The van der Waals surface area contributed by atoms with Crippen molar-refractivity contribution in [3.8, 4) is 0 Å². The fraction of sp³-hybridized carbons (Fsp3) is 0.786. The Balaban J connectivity index is 2.03. The zero-order valence-electron chi connectivity index (χ0n) is 12.4. The van der Waals surface area contributed by atoms with Gasteiger partial charge in [-0.05, 0) is 47.0 Å². The van der Waals surface area contributed by atoms with E-state index in [1.807, 2.05) is 33.8 Å². The van der Waals surface area contributed by atoms with Gasteiger partial charge in [-0.1, -0.05) is 6.08 Å². The van der Waals surface area contributed by atoms with Crippen molar-refractivity contribution in [3.05, 3.63) is 11.8 Å². The number of carbonyl (C=O) groups excluding carboxylic acids is 1. The highest BCUT2D eigenvalue weighted by molar-refractivity contribution is 5.72. The van der Waals surface area contributed by atoms with Gasteiger partial charge in [0, 0.05) is 0 Å². The first-order valence-electron chi connectivity index (χ1n) is 6.72. The summed E-state index contributed by atoms with van der Waals surface area (Å²) in [6.07, 6.45) is 4.20. The molecular weight excluding hydrogens is 246 g/mol. The minimum absolute atomic E-state index is 0.0441. The molecule has 5 heteroatoms. The lowest BCUT2D eigenvalue weighted by Gasteiger charge is -2.26. The largest absolute Gasteiger partial charge is 0.469 e. The van der Waals surface area contributed by atoms with Crippen LogP contribution in [0.5, 0.6) is 0 Å². The van der Waals surface area contributed by atoms with Gasteiger partial charge in [-0.3, -0.25) is 4.79 Å². The molecular formula is C14H23NO4. The number of esters is 1. The summed E-state index contributed by atoms with van der Waals surface area (Å²) in [5.74, 6) is -0.184. The second kappa shape index (κ2) is 4.80. The number of methoxy groups -OCH3 is 1. The number of allylic oxidation sites excluding steroid dienone is 2. The zero-order valence-corrected chi connectivity index (χ0v) is 12.4. The van der Waals surface area contributed by atoms with Crippen molar-refractivity contribution in [1.82, 2.24) is 5.23 Å². The Labute approximate surface area is 114 Å². The number of carbonyl (C=O) groups is 1. The molecule has 2 aliphatic rings. The quantitative estimate of drug-likeness (QED) is 0.721. The molecule has 1 heterocycles. The van der Waals surface area contributed by atoms with Gasteiger partial charge in [-0.15, -0.1) is 5.23 Å². The summed E-state index contributed by atoms with van der Waals surface area (Å²) in [6, 6.07) is 0. The van der Waals surface area contributed by atoms with Gasteiger partial charge < -0.3 is 4.74 Å². The summed E-state index contributed by atoms with van der Waals surface area (Å²) in [7, 11) is 1.43. The van der Waals surface area contributed by atoms with Crippen molar-refractivity contribution >= 4 is 5.97 Å². The third-order valence-electron chi connectivity index (χ3n) is 4.23. The van der Waals surface area contributed by atoms with E-state index in [-0.39, 0.29) is 23.1 Å². The van der Waals surface area contributed by atoms with Crippen LogP contribution in [0, 0.1) is 5.92 Å². The Morgan fingerprint density at radius 3 is 2.32 bits per heavy atom. The molecule has 19 heavy (non-hydrogen) atoms. The smallest absolute Gasteiger partial charge is 0.308 e. The summed E-state index contributed by atoms with van der Waals surface area (Å²) >= 11 is 0. The molecule has 0 saturated carbocycles. The summed E-state index contributed by atoms with van der Waals surface area (Å²) in [6.45, 7) is 8.03. The van der Waals surface area contributed by atoms with Crippen LogP contribution >= 0.6 is 0 Å². The lowest BCUT2D eigenvalue weighted by molar-refractivity contribution is -0.304. The summed E-state index contributed by atoms with van der Waals surface area (Å²) < 4.78 is 4.77. The van der Waals surface area contributed by atoms with E-state index in [0.29, 0.717) is 6.42 Å². The van der Waals surface area contributed by atoms with Gasteiger partial charge in [0.1, 0.15) is 11.2 Å². The van der Waals surface area contributed by atoms with Crippen LogP contribution in [0.3, 0.4) is 0 Å². The summed E-state index contributed by atoms with van der Waals surface area (Å²) in [5, 5.41) is 1.52. The average Bonchev–Trinajstić information content (AvgIpc) is 2.58. The molecule has 0 aromatic heterocycles. The minimum Gasteiger partial charge on any atom is -0.469 e. The van der Waals surface area contributed by atoms with Crippen LogP contribution in [0.15, 0.2) is 11.8 Å². The Morgan fingerprint density at radius 2 is 1.89 bits per heavy atom. The SMILES string of the molecule is COC(=O)C1CC=C(N2OC(C)(C)C(C)(C)O2)CC1. The molecule has 1 aliphatic heterocycles. The summed E-state index contributed by atoms with van der Waals surface area (Å²) in [5.41, 5.74) is 0.221. The van der Waals surface area contributed by atoms with E-state index in [9.17, 15) is 4.79 Å². The number of nitrogens with zero attached hydrogens (tertiary/aromatic N) is 1. The van der Waals surface area contributed by atoms with Crippen molar-refractivity contribution in [3.63, 3.8) is 0 Å². The molecule has 0 N–H and O–H groups in total. The predicted molar refractivity (Wildman–Crippen MR) is 69.6 cm³/mol. The lowest BCUT2D eigenvalue weighted by Crippen LogP contribution is -2.41. The van der Waals surface area contributed by atoms with Gasteiger partial charge >= 0.3 is 5.97 Å². The number of hydrogen-bond donors (Lipinski definition) is 0. The molecule has 0 bridgehead atoms. The van der Waals surface area contributed by atoms with E-state index < -0.39 is 0 Å². The first kappa shape index (κ1) is 14.3. The number of hydrogen-bond acceptors (Lipinski definition) is 5. The molecule has 2 rings (SSSR count). The van der Waals surface area contributed by atoms with Gasteiger partial charge in [-0.25, -0.2) is 9.68 Å². The normalized spacial score (nSPS) is 29.0. The lowest BCUT2D eigenvalue weighted by atomic mass is 9.90. The fourth-order valence-corrected chi connectivity index (χ4v) is 2.14. The molecule has 1 unspecified atom stereocenters. The third-order valence-corrected chi connectivity index (χ3v) is 4.23. The van der Waals surface area contributed by atoms with Crippen molar-refractivity contribution in [2.75, 3.05) is 7.11 Å². The van der Waals surface area contributed by atoms with Crippen molar-refractivity contribution in [2.24, 2.45) is 5.92 Å². The van der Waals surface area contributed by atoms with Crippen LogP contribution in [-0.2, 0) is 19.2 Å². The van der Waals surface area contributed by atoms with Crippen molar-refractivity contribution < 1.29 is 19.2 Å². The summed E-state index contributed by atoms with van der Waals surface area (Å²) in [4.78, 5) is 23.2. The van der Waals surface area contributed by atoms with E-state index >= 15 is 0 Å². The standard InChI is InChI=1S/C14H23NO4/c1-13(2)14(3,4)19-15(18-13)11-8-6-10(7-9-11)12(16)17-5/h8,10H,6-7,9H2,1-5H3. The predicted octanol–water partition coefficient (Wildman–Crippen LogP) is 2.58. The molecule has 0 aromatic rings. The monoisotopic (exact) mass is 269 g/mol. The second-order valence-electron chi connectivity index (χ2n) is 6.15. The highest BCUT2D eigenvalue weighted by Crippen LogP contribution is 2.41. The van der Waals surface area contributed by atoms with E-state index in [1.165, 1.54) is 12.3 Å². The van der Waals surface area contributed by atoms with Crippen LogP contribution < -0.4 is 0 Å². The molecule has 108 valence electrons. The first-order chi connectivity index (χ1) is 8.77. The van der Waals surface area contributed by atoms with E-state index in [1.54, 1.807) is 0 Å². The van der Waals surface area contributed by atoms with Gasteiger partial charge in [0.05, 0.1) is 18.7 Å². The van der Waals surface area contributed by atoms with Crippen LogP contribution in [0.2, 0.25) is 0 Å². The number of ether oxygens (including phenoxy) is 1. The molecule has 0 amide bonds. The minimum atomic E-state index is -0.382. The molecule has 1 aliphatic carbocycles. The molecule has 5 nitrogen and oxygen atoms in total. The van der Waals surface area contributed by atoms with Gasteiger partial charge in [0.25, 0.3) is 0 Å². The Bertz CT molecular complexity index is 384. The fourth-order valence-electron chi connectivity index (χ4n) is 2.14. The first-order valence-corrected chi connectivity index (χ1v) is 6.72. The van der Waals surface area contributed by atoms with Crippen LogP contribution in [0.1, 0.15) is 47.0 Å². The zero-order chi connectivity index (χ0) is 14.3. The Hall–Kier alpha value is -1.07. The van der Waals surface area contributed by atoms with Crippen LogP contribution in [0.4, 0.5) is 0 Å². The molecule has 0 aromatic carbocycles. The van der Waals surface area contributed by atoms with Crippen molar-refractivity contribution in [2.45, 2.75) is 58.2 Å². The maximum atomic E-state index is 11.5. The Kier molecular flexibility index (Phi) is 3.62. The number of hydroxylamine groups is 2. The van der Waals surface area contributed by atoms with Gasteiger partial charge in [0.15, 0.2) is 0 Å². The van der Waals surface area contributed by atoms with Gasteiger partial charge in [-0.2, -0.15) is 0 Å². The Morgan fingerprint density at radius 1 is 1.32 bits per heavy atom. The highest BCUT2D eigenvalue weighted by atomic mass is 17.0. The van der Waals surface area contributed by atoms with Crippen molar-refractivity contribution in [1.29, 1.82) is 0 Å². The molecule has 1 fully saturated rings. The average molecular weight is 269 g/mol. The molecule has 0 radical (unpaired) electrons. The highest BCUT2D eigenvalue weighted by Gasteiger charge is 2.50. The molecule has 1 atom stereocenters. The second-order valence-corrected chi connectivity index (χ2v) is 6.15. The van der Waals surface area contributed by atoms with E-state index in [0.717, 1.165) is 18.5 Å². The van der Waals surface area contributed by atoms with Gasteiger partial charge in [0.2, 0.25) is 0 Å². The topological polar surface area (TPSA) is 48.0 Å². The maximum absolute atomic E-state index is 11.5. The van der Waals surface area contributed by atoms with Crippen LogP contribution in [-0.4, -0.2) is 29.5 Å². The van der Waals surface area contributed by atoms with E-state index in [2.05, 4.69) is 0 Å². The molecule has 0 spiro atoms. The number of rotatable bonds is 2. The third kappa shape index (κ3) is 2.62. The maximum Gasteiger partial charge on any atom is 0.308 e. The van der Waals surface area contributed by atoms with E-state index in [4.69, 9.17) is 14.4 Å². The van der Waals surface area contributed by atoms with Crippen LogP contribution in [0.25, 0.3) is 0 Å².